The normalized spacial score (nSPS) is 19.9. The molecule has 2 aromatic heterocycles. The number of amides is 1. The van der Waals surface area contributed by atoms with Crippen LogP contribution in [0.3, 0.4) is 0 Å². The van der Waals surface area contributed by atoms with Gasteiger partial charge >= 0.3 is 6.18 Å². The van der Waals surface area contributed by atoms with Gasteiger partial charge in [-0.25, -0.2) is 4.98 Å². The molecule has 154 valence electrons. The number of nitrogens with zero attached hydrogens (tertiary/aromatic N) is 1. The van der Waals surface area contributed by atoms with Crippen LogP contribution in [0.1, 0.15) is 36.0 Å². The van der Waals surface area contributed by atoms with Gasteiger partial charge in [-0.3, -0.25) is 4.79 Å². The van der Waals surface area contributed by atoms with Crippen LogP contribution in [0.4, 0.5) is 13.2 Å². The maximum Gasteiger partial charge on any atom is 0.422 e. The number of carbonyl (C=O) groups is 1. The van der Waals surface area contributed by atoms with Crippen molar-refractivity contribution < 1.29 is 22.7 Å². The zero-order valence-corrected chi connectivity index (χ0v) is 16.8. The quantitative estimate of drug-likeness (QED) is 0.550. The molecule has 1 aromatic carbocycles. The van der Waals surface area contributed by atoms with E-state index in [9.17, 15) is 18.0 Å². The third kappa shape index (κ3) is 4.67. The van der Waals surface area contributed by atoms with Crippen LogP contribution in [0.2, 0.25) is 5.02 Å². The van der Waals surface area contributed by atoms with E-state index >= 15 is 0 Å². The summed E-state index contributed by atoms with van der Waals surface area (Å²) in [4.78, 5) is 21.0. The first-order chi connectivity index (χ1) is 13.7. The van der Waals surface area contributed by atoms with Crippen LogP contribution in [-0.2, 0) is 4.79 Å². The van der Waals surface area contributed by atoms with Crippen LogP contribution in [0.5, 0.6) is 5.06 Å². The maximum absolute atomic E-state index is 12.6. The number of alkyl halides is 3. The van der Waals surface area contributed by atoms with Gasteiger partial charge in [0.05, 0.1) is 17.1 Å². The van der Waals surface area contributed by atoms with Gasteiger partial charge in [-0.05, 0) is 43.7 Å². The van der Waals surface area contributed by atoms with Crippen molar-refractivity contribution in [3.8, 4) is 5.06 Å². The number of benzene rings is 1. The fraction of sp³-hybridized carbons (Fsp3) is 0.368. The molecule has 3 atom stereocenters. The Balaban J connectivity index is 1.34. The van der Waals surface area contributed by atoms with Gasteiger partial charge in [-0.2, -0.15) is 13.2 Å². The van der Waals surface area contributed by atoms with E-state index in [4.69, 9.17) is 16.3 Å². The van der Waals surface area contributed by atoms with Crippen LogP contribution in [0.25, 0.3) is 11.0 Å². The van der Waals surface area contributed by atoms with E-state index < -0.39 is 12.8 Å². The van der Waals surface area contributed by atoms with E-state index in [1.54, 1.807) is 25.1 Å². The van der Waals surface area contributed by atoms with Gasteiger partial charge < -0.3 is 15.0 Å². The summed E-state index contributed by atoms with van der Waals surface area (Å²) in [5, 5.41) is 3.69. The molecule has 0 aliphatic heterocycles. The third-order valence-electron chi connectivity index (χ3n) is 4.71. The number of hydrogen-bond acceptors (Lipinski definition) is 4. The summed E-state index contributed by atoms with van der Waals surface area (Å²) in [5.41, 5.74) is 1.63. The molecule has 1 saturated carbocycles. The second-order valence-electron chi connectivity index (χ2n) is 7.02. The number of H-pyrrole nitrogens is 1. The number of fused-ring (bicyclic) bond motifs is 1. The molecule has 2 N–H and O–H groups in total. The van der Waals surface area contributed by atoms with Crippen LogP contribution >= 0.6 is 22.9 Å². The molecule has 1 aliphatic carbocycles. The Labute approximate surface area is 173 Å². The predicted octanol–water partition coefficient (Wildman–Crippen LogP) is 5.20. The molecule has 1 aliphatic rings. The lowest BCUT2D eigenvalue weighted by atomic mass is 10.2. The molecule has 1 fully saturated rings. The molecule has 10 heteroatoms. The Hall–Kier alpha value is -2.26. The molecule has 0 saturated heterocycles. The molecule has 4 rings (SSSR count). The summed E-state index contributed by atoms with van der Waals surface area (Å²) in [6, 6.07) is 8.21. The Kier molecular flexibility index (Phi) is 5.20. The fourth-order valence-electron chi connectivity index (χ4n) is 3.15. The SMILES string of the molecule is CC(NC(=O)[C@@H]1C[C@H]1c1nc2cc(Cl)ccc2[nH]1)c1ccc(OCC(F)(F)F)s1. The number of carbonyl (C=O) groups excluding carboxylic acids is 1. The van der Waals surface area contributed by atoms with Gasteiger partial charge in [0.25, 0.3) is 0 Å². The average Bonchev–Trinajstić information content (AvgIpc) is 3.11. The third-order valence-corrected chi connectivity index (χ3v) is 6.12. The van der Waals surface area contributed by atoms with Crippen molar-refractivity contribution in [1.29, 1.82) is 0 Å². The van der Waals surface area contributed by atoms with E-state index in [2.05, 4.69) is 15.3 Å². The second-order valence-corrected chi connectivity index (χ2v) is 8.54. The highest BCUT2D eigenvalue weighted by molar-refractivity contribution is 7.13. The lowest BCUT2D eigenvalue weighted by Gasteiger charge is -2.12. The molecule has 29 heavy (non-hydrogen) atoms. The highest BCUT2D eigenvalue weighted by Gasteiger charge is 2.46. The summed E-state index contributed by atoms with van der Waals surface area (Å²) in [7, 11) is 0. The van der Waals surface area contributed by atoms with Crippen molar-refractivity contribution in [2.24, 2.45) is 5.92 Å². The highest BCUT2D eigenvalue weighted by Crippen LogP contribution is 2.47. The van der Waals surface area contributed by atoms with Crippen molar-refractivity contribution in [3.63, 3.8) is 0 Å². The van der Waals surface area contributed by atoms with Crippen LogP contribution in [0, 0.1) is 5.92 Å². The number of imidazole rings is 1. The predicted molar refractivity (Wildman–Crippen MR) is 104 cm³/mol. The molecular weight excluding hydrogens is 427 g/mol. The molecule has 2 heterocycles. The molecule has 1 unspecified atom stereocenters. The maximum atomic E-state index is 12.6. The summed E-state index contributed by atoms with van der Waals surface area (Å²) in [5.74, 6) is 0.484. The number of rotatable bonds is 6. The van der Waals surface area contributed by atoms with Gasteiger partial charge in [0, 0.05) is 21.7 Å². The Morgan fingerprint density at radius 1 is 1.41 bits per heavy atom. The Morgan fingerprint density at radius 2 is 2.21 bits per heavy atom. The Morgan fingerprint density at radius 3 is 2.97 bits per heavy atom. The largest absolute Gasteiger partial charge is 0.475 e. The minimum atomic E-state index is -4.38. The number of thiophene rings is 1. The molecule has 1 amide bonds. The zero-order valence-electron chi connectivity index (χ0n) is 15.2. The standard InChI is InChI=1S/C19H17ClF3N3O2S/c1-9(15-4-5-16(29-15)28-8-19(21,22)23)24-18(27)12-7-11(12)17-25-13-3-2-10(20)6-14(13)26-17/h2-6,9,11-12H,7-8H2,1H3,(H,24,27)(H,25,26)/t9?,11-,12-/m1/s1. The topological polar surface area (TPSA) is 67.0 Å². The molecule has 3 aromatic rings. The number of nitrogens with one attached hydrogen (secondary N) is 2. The summed E-state index contributed by atoms with van der Waals surface area (Å²) in [6.45, 7) is 0.456. The number of hydrogen-bond donors (Lipinski definition) is 2. The van der Waals surface area contributed by atoms with E-state index in [-0.39, 0.29) is 28.8 Å². The molecule has 5 nitrogen and oxygen atoms in total. The van der Waals surface area contributed by atoms with Gasteiger partial charge in [-0.1, -0.05) is 11.6 Å². The van der Waals surface area contributed by atoms with Gasteiger partial charge in [-0.15, -0.1) is 11.3 Å². The first kappa shape index (κ1) is 20.0. The first-order valence-corrected chi connectivity index (χ1v) is 10.1. The van der Waals surface area contributed by atoms with Crippen molar-refractivity contribution in [1.82, 2.24) is 15.3 Å². The second kappa shape index (κ2) is 7.53. The number of halogens is 4. The zero-order chi connectivity index (χ0) is 20.8. The fourth-order valence-corrected chi connectivity index (χ4v) is 4.17. The average molecular weight is 444 g/mol. The smallest absolute Gasteiger partial charge is 0.422 e. The molecular formula is C19H17ClF3N3O2S. The van der Waals surface area contributed by atoms with Crippen molar-refractivity contribution in [2.45, 2.75) is 31.5 Å². The van der Waals surface area contributed by atoms with E-state index in [0.717, 1.165) is 33.1 Å². The van der Waals surface area contributed by atoms with E-state index in [1.807, 2.05) is 6.07 Å². The first-order valence-electron chi connectivity index (χ1n) is 8.94. The number of aromatic amines is 1. The molecule has 0 spiro atoms. The number of aromatic nitrogens is 2. The van der Waals surface area contributed by atoms with Gasteiger partial charge in [0.15, 0.2) is 11.7 Å². The lowest BCUT2D eigenvalue weighted by Crippen LogP contribution is -2.28. The monoisotopic (exact) mass is 443 g/mol. The Bertz CT molecular complexity index is 1050. The van der Waals surface area contributed by atoms with E-state index in [1.165, 1.54) is 6.07 Å². The van der Waals surface area contributed by atoms with Crippen LogP contribution in [-0.4, -0.2) is 28.7 Å². The molecule has 0 radical (unpaired) electrons. The van der Waals surface area contributed by atoms with Crippen LogP contribution in [0.15, 0.2) is 30.3 Å². The lowest BCUT2D eigenvalue weighted by molar-refractivity contribution is -0.152. The van der Waals surface area contributed by atoms with Gasteiger partial charge in [0.1, 0.15) is 5.82 Å². The minimum Gasteiger partial charge on any atom is -0.475 e. The van der Waals surface area contributed by atoms with Gasteiger partial charge in [0.2, 0.25) is 5.91 Å². The number of ether oxygens (including phenoxy) is 1. The summed E-state index contributed by atoms with van der Waals surface area (Å²) >= 11 is 7.07. The summed E-state index contributed by atoms with van der Waals surface area (Å²) in [6.07, 6.45) is -3.69. The van der Waals surface area contributed by atoms with Crippen molar-refractivity contribution in [3.05, 3.63) is 46.1 Å². The minimum absolute atomic E-state index is 0.0161. The summed E-state index contributed by atoms with van der Waals surface area (Å²) < 4.78 is 41.5. The molecule has 0 bridgehead atoms. The van der Waals surface area contributed by atoms with Crippen LogP contribution < -0.4 is 10.1 Å². The van der Waals surface area contributed by atoms with Crippen molar-refractivity contribution >= 4 is 39.9 Å². The van der Waals surface area contributed by atoms with Crippen molar-refractivity contribution in [2.75, 3.05) is 6.61 Å². The van der Waals surface area contributed by atoms with E-state index in [0.29, 0.717) is 11.4 Å². The highest BCUT2D eigenvalue weighted by atomic mass is 35.5.